The predicted molar refractivity (Wildman–Crippen MR) is 142 cm³/mol. The van der Waals surface area contributed by atoms with Crippen LogP contribution in [0.2, 0.25) is 0 Å². The molecule has 0 saturated heterocycles. The van der Waals surface area contributed by atoms with Crippen LogP contribution in [0.5, 0.6) is 11.5 Å². The zero-order valence-electron chi connectivity index (χ0n) is 22.0. The van der Waals surface area contributed by atoms with Gasteiger partial charge < -0.3 is 42.1 Å². The number of aliphatic carboxylic acids is 2. The van der Waals surface area contributed by atoms with Crippen LogP contribution in [-0.2, 0) is 36.8 Å². The van der Waals surface area contributed by atoms with Gasteiger partial charge in [-0.2, -0.15) is 0 Å². The minimum Gasteiger partial charge on any atom is -0.508 e. The summed E-state index contributed by atoms with van der Waals surface area (Å²) >= 11 is 0. The highest BCUT2D eigenvalue weighted by Crippen LogP contribution is 2.14. The Morgan fingerprint density at radius 2 is 1.18 bits per heavy atom. The van der Waals surface area contributed by atoms with Crippen LogP contribution < -0.4 is 21.7 Å². The summed E-state index contributed by atoms with van der Waals surface area (Å²) in [5.41, 5.74) is 7.22. The number of phenolic OH excluding ortho intramolecular Hbond substituents is 2. The molecule has 3 amide bonds. The van der Waals surface area contributed by atoms with E-state index in [1.807, 2.05) is 0 Å². The summed E-state index contributed by atoms with van der Waals surface area (Å²) in [6, 6.07) is 6.60. The van der Waals surface area contributed by atoms with Gasteiger partial charge in [0.1, 0.15) is 29.6 Å². The molecule has 0 radical (unpaired) electrons. The Bertz CT molecular complexity index is 1200. The number of carbonyl (C=O) groups excluding carboxylic acids is 3. The summed E-state index contributed by atoms with van der Waals surface area (Å²) in [6.45, 7) is 3.33. The predicted octanol–water partition coefficient (Wildman–Crippen LogP) is -0.120. The van der Waals surface area contributed by atoms with Gasteiger partial charge in [-0.3, -0.25) is 19.2 Å². The summed E-state index contributed by atoms with van der Waals surface area (Å²) in [4.78, 5) is 61.6. The van der Waals surface area contributed by atoms with Crippen molar-refractivity contribution in [2.75, 3.05) is 0 Å². The van der Waals surface area contributed by atoms with Gasteiger partial charge in [0.05, 0.1) is 12.5 Å². The van der Waals surface area contributed by atoms with Gasteiger partial charge in [-0.15, -0.1) is 0 Å². The quantitative estimate of drug-likeness (QED) is 0.153. The molecule has 0 aromatic heterocycles. The van der Waals surface area contributed by atoms with Crippen LogP contribution in [-0.4, -0.2) is 74.3 Å². The van der Waals surface area contributed by atoms with E-state index in [4.69, 9.17) is 10.8 Å². The van der Waals surface area contributed by atoms with Crippen LogP contribution >= 0.6 is 0 Å². The Morgan fingerprint density at radius 1 is 0.700 bits per heavy atom. The molecule has 9 N–H and O–H groups in total. The van der Waals surface area contributed by atoms with Crippen LogP contribution in [0.1, 0.15) is 31.4 Å². The van der Waals surface area contributed by atoms with E-state index in [1.54, 1.807) is 26.0 Å². The summed E-state index contributed by atoms with van der Waals surface area (Å²) < 4.78 is 0. The van der Waals surface area contributed by atoms with Crippen molar-refractivity contribution in [3.63, 3.8) is 0 Å². The molecule has 13 nitrogen and oxygen atoms in total. The molecule has 216 valence electrons. The molecule has 13 heteroatoms. The fourth-order valence-electron chi connectivity index (χ4n) is 3.76. The highest BCUT2D eigenvalue weighted by Gasteiger charge is 2.32. The number of hydrogen-bond donors (Lipinski definition) is 8. The van der Waals surface area contributed by atoms with E-state index >= 15 is 0 Å². The maximum Gasteiger partial charge on any atom is 0.326 e. The van der Waals surface area contributed by atoms with E-state index in [2.05, 4.69) is 16.0 Å². The summed E-state index contributed by atoms with van der Waals surface area (Å²) in [5.74, 6) is -5.76. The number of amides is 3. The molecule has 0 spiro atoms. The van der Waals surface area contributed by atoms with E-state index in [-0.39, 0.29) is 24.3 Å². The second-order valence-corrected chi connectivity index (χ2v) is 9.64. The minimum absolute atomic E-state index is 0.0348. The molecular formula is C27H34N4O9. The molecule has 0 saturated carbocycles. The first-order valence-corrected chi connectivity index (χ1v) is 12.4. The Balaban J connectivity index is 2.20. The molecule has 0 aliphatic rings. The normalized spacial score (nSPS) is 13.9. The maximum absolute atomic E-state index is 13.3. The number of rotatable bonds is 14. The lowest BCUT2D eigenvalue weighted by Gasteiger charge is -2.27. The zero-order valence-corrected chi connectivity index (χ0v) is 22.0. The van der Waals surface area contributed by atoms with Crippen LogP contribution in [0.15, 0.2) is 48.5 Å². The van der Waals surface area contributed by atoms with Crippen LogP contribution in [0.3, 0.4) is 0 Å². The van der Waals surface area contributed by atoms with Crippen LogP contribution in [0.4, 0.5) is 0 Å². The lowest BCUT2D eigenvalue weighted by molar-refractivity contribution is -0.147. The standard InChI is InChI=1S/C27H34N4O9/c1-14(2)23(31-24(36)19(28)11-15-3-7-17(32)8-4-15)26(38)29-20(12-16-5-9-18(33)10-6-16)25(37)30-21(27(39)40)13-22(34)35/h3-10,14,19-21,23,32-33H,11-13,28H2,1-2H3,(H,29,38)(H,30,37)(H,31,36)(H,34,35)(H,39,40). The summed E-state index contributed by atoms with van der Waals surface area (Å²) in [7, 11) is 0. The molecule has 0 fully saturated rings. The van der Waals surface area contributed by atoms with Gasteiger partial charge in [-0.25, -0.2) is 4.79 Å². The van der Waals surface area contributed by atoms with Crippen molar-refractivity contribution in [2.24, 2.45) is 11.7 Å². The fraction of sp³-hybridized carbons (Fsp3) is 0.370. The third-order valence-electron chi connectivity index (χ3n) is 5.98. The fourth-order valence-corrected chi connectivity index (χ4v) is 3.76. The highest BCUT2D eigenvalue weighted by atomic mass is 16.4. The smallest absolute Gasteiger partial charge is 0.326 e. The molecule has 0 aliphatic heterocycles. The lowest BCUT2D eigenvalue weighted by atomic mass is 9.99. The molecule has 0 aliphatic carbocycles. The molecular weight excluding hydrogens is 524 g/mol. The van der Waals surface area contributed by atoms with Gasteiger partial charge in [-0.1, -0.05) is 38.1 Å². The van der Waals surface area contributed by atoms with Crippen molar-refractivity contribution in [1.29, 1.82) is 0 Å². The number of nitrogens with two attached hydrogens (primary N) is 1. The van der Waals surface area contributed by atoms with Gasteiger partial charge in [-0.05, 0) is 47.7 Å². The Hall–Kier alpha value is -4.65. The number of carboxylic acids is 2. The number of phenols is 2. The van der Waals surface area contributed by atoms with Gasteiger partial charge >= 0.3 is 11.9 Å². The van der Waals surface area contributed by atoms with E-state index < -0.39 is 66.2 Å². The Labute approximate surface area is 230 Å². The van der Waals surface area contributed by atoms with E-state index in [9.17, 15) is 39.3 Å². The average Bonchev–Trinajstić information content (AvgIpc) is 2.88. The topological polar surface area (TPSA) is 228 Å². The first-order chi connectivity index (χ1) is 18.8. The average molecular weight is 559 g/mol. The Kier molecular flexibility index (Phi) is 11.4. The number of carbonyl (C=O) groups is 5. The molecule has 2 aromatic carbocycles. The number of carboxylic acid groups (broad SMARTS) is 2. The Morgan fingerprint density at radius 3 is 1.62 bits per heavy atom. The van der Waals surface area contributed by atoms with Crippen molar-refractivity contribution >= 4 is 29.7 Å². The maximum atomic E-state index is 13.3. The molecule has 2 aromatic rings. The third-order valence-corrected chi connectivity index (χ3v) is 5.98. The van der Waals surface area contributed by atoms with Crippen LogP contribution in [0, 0.1) is 5.92 Å². The second kappa shape index (κ2) is 14.5. The van der Waals surface area contributed by atoms with E-state index in [1.165, 1.54) is 36.4 Å². The van der Waals surface area contributed by atoms with Gasteiger partial charge in [0.2, 0.25) is 17.7 Å². The van der Waals surface area contributed by atoms with E-state index in [0.717, 1.165) is 0 Å². The number of aromatic hydroxyl groups is 2. The third kappa shape index (κ3) is 9.91. The minimum atomic E-state index is -1.75. The van der Waals surface area contributed by atoms with Gasteiger partial charge in [0, 0.05) is 6.42 Å². The molecule has 0 bridgehead atoms. The van der Waals surface area contributed by atoms with Gasteiger partial charge in [0.15, 0.2) is 0 Å². The number of benzene rings is 2. The first-order valence-electron chi connectivity index (χ1n) is 12.4. The second-order valence-electron chi connectivity index (χ2n) is 9.64. The largest absolute Gasteiger partial charge is 0.508 e. The first kappa shape index (κ1) is 31.6. The lowest BCUT2D eigenvalue weighted by Crippen LogP contribution is -2.59. The number of nitrogens with one attached hydrogen (secondary N) is 3. The summed E-state index contributed by atoms with van der Waals surface area (Å²) in [5, 5.41) is 44.5. The van der Waals surface area contributed by atoms with Crippen molar-refractivity contribution < 1.29 is 44.4 Å². The molecule has 0 heterocycles. The van der Waals surface area contributed by atoms with Crippen molar-refractivity contribution in [1.82, 2.24) is 16.0 Å². The molecule has 2 rings (SSSR count). The monoisotopic (exact) mass is 558 g/mol. The van der Waals surface area contributed by atoms with Crippen molar-refractivity contribution in [3.05, 3.63) is 59.7 Å². The molecule has 4 unspecified atom stereocenters. The zero-order chi connectivity index (χ0) is 30.0. The molecule has 40 heavy (non-hydrogen) atoms. The SMILES string of the molecule is CC(C)C(NC(=O)C(N)Cc1ccc(O)cc1)C(=O)NC(Cc1ccc(O)cc1)C(=O)NC(CC(=O)O)C(=O)O. The van der Waals surface area contributed by atoms with Gasteiger partial charge in [0.25, 0.3) is 0 Å². The highest BCUT2D eigenvalue weighted by molar-refractivity contribution is 5.95. The van der Waals surface area contributed by atoms with E-state index in [0.29, 0.717) is 11.1 Å². The molecule has 4 atom stereocenters. The van der Waals surface area contributed by atoms with Crippen LogP contribution in [0.25, 0.3) is 0 Å². The van der Waals surface area contributed by atoms with Crippen molar-refractivity contribution in [3.8, 4) is 11.5 Å². The summed E-state index contributed by atoms with van der Waals surface area (Å²) in [6.07, 6.45) is -0.883. The van der Waals surface area contributed by atoms with Crippen molar-refractivity contribution in [2.45, 2.75) is 57.3 Å². The number of hydrogen-bond acceptors (Lipinski definition) is 8.